The average Bonchev–Trinajstić information content (AvgIpc) is 3.27. The number of benzene rings is 2. The Kier molecular flexibility index (Phi) is 9.47. The number of carbonyl (C=O) groups excluding carboxylic acids is 3. The van der Waals surface area contributed by atoms with Crippen LogP contribution in [-0.4, -0.2) is 33.3 Å². The van der Waals surface area contributed by atoms with Gasteiger partial charge in [0.05, 0.1) is 0 Å². The number of rotatable bonds is 11. The summed E-state index contributed by atoms with van der Waals surface area (Å²) in [5.74, 6) is -0.237. The van der Waals surface area contributed by atoms with Gasteiger partial charge in [-0.15, -0.1) is 0 Å². The lowest BCUT2D eigenvalue weighted by Gasteiger charge is -2.35. The number of nitrogens with one attached hydrogen (secondary N) is 2. The van der Waals surface area contributed by atoms with Crippen LogP contribution in [0.1, 0.15) is 63.0 Å². The first-order chi connectivity index (χ1) is 17.6. The molecule has 3 amide bonds. The number of halogens is 1. The van der Waals surface area contributed by atoms with E-state index in [0.717, 1.165) is 5.56 Å². The molecule has 8 nitrogen and oxygen atoms in total. The van der Waals surface area contributed by atoms with Gasteiger partial charge in [0.1, 0.15) is 11.8 Å². The number of carbonyl (C=O) groups is 3. The fourth-order valence-corrected chi connectivity index (χ4v) is 3.98. The summed E-state index contributed by atoms with van der Waals surface area (Å²) in [5.41, 5.74) is 0.867. The van der Waals surface area contributed by atoms with Gasteiger partial charge in [0.15, 0.2) is 5.82 Å². The van der Waals surface area contributed by atoms with Crippen molar-refractivity contribution in [3.63, 3.8) is 0 Å². The van der Waals surface area contributed by atoms with Gasteiger partial charge in [-0.1, -0.05) is 72.2 Å². The number of hydrogen-bond donors (Lipinski definition) is 2. The third-order valence-corrected chi connectivity index (χ3v) is 6.43. The number of amides is 3. The monoisotopic (exact) mass is 524 g/mol. The lowest BCUT2D eigenvalue weighted by Crippen LogP contribution is -2.50. The fraction of sp³-hybridized carbons (Fsp3) is 0.357. The summed E-state index contributed by atoms with van der Waals surface area (Å²) in [4.78, 5) is 41.4. The Labute approximate surface area is 222 Å². The summed E-state index contributed by atoms with van der Waals surface area (Å²) in [6.07, 6.45) is 0.497. The van der Waals surface area contributed by atoms with Gasteiger partial charge >= 0.3 is 0 Å². The summed E-state index contributed by atoms with van der Waals surface area (Å²) in [6, 6.07) is 17.0. The molecule has 1 heterocycles. The maximum absolute atomic E-state index is 13.7. The summed E-state index contributed by atoms with van der Waals surface area (Å²) in [7, 11) is 0. The summed E-state index contributed by atoms with van der Waals surface area (Å²) < 4.78 is 4.97. The second-order valence-electron chi connectivity index (χ2n) is 9.53. The third kappa shape index (κ3) is 7.92. The molecule has 2 aromatic carbocycles. The van der Waals surface area contributed by atoms with Crippen LogP contribution in [0.15, 0.2) is 65.2 Å². The molecule has 3 aromatic rings. The number of hydrogen-bond acceptors (Lipinski definition) is 5. The molecule has 0 aliphatic heterocycles. The first-order valence-electron chi connectivity index (χ1n) is 12.2. The van der Waals surface area contributed by atoms with E-state index in [1.807, 2.05) is 51.1 Å². The molecule has 0 saturated carbocycles. The van der Waals surface area contributed by atoms with Crippen LogP contribution in [0.25, 0.3) is 0 Å². The molecule has 3 rings (SSSR count). The molecule has 196 valence electrons. The van der Waals surface area contributed by atoms with Crippen molar-refractivity contribution in [1.29, 1.82) is 0 Å². The summed E-state index contributed by atoms with van der Waals surface area (Å²) >= 11 is 6.54. The van der Waals surface area contributed by atoms with Crippen molar-refractivity contribution in [2.75, 3.05) is 5.32 Å². The van der Waals surface area contributed by atoms with E-state index in [1.54, 1.807) is 37.3 Å². The first-order valence-corrected chi connectivity index (χ1v) is 12.6. The number of aryl methyl sites for hydroxylation is 1. The molecule has 0 aliphatic rings. The average molecular weight is 525 g/mol. The molecule has 1 atom stereocenters. The highest BCUT2D eigenvalue weighted by Gasteiger charge is 2.35. The van der Waals surface area contributed by atoms with Gasteiger partial charge in [0, 0.05) is 41.6 Å². The van der Waals surface area contributed by atoms with E-state index in [4.69, 9.17) is 16.1 Å². The third-order valence-electron chi connectivity index (χ3n) is 6.08. The van der Waals surface area contributed by atoms with Crippen LogP contribution in [0.5, 0.6) is 0 Å². The van der Waals surface area contributed by atoms with Crippen LogP contribution in [0.4, 0.5) is 5.82 Å². The van der Waals surface area contributed by atoms with Crippen LogP contribution < -0.4 is 10.6 Å². The molecule has 37 heavy (non-hydrogen) atoms. The van der Waals surface area contributed by atoms with Crippen molar-refractivity contribution < 1.29 is 18.9 Å². The lowest BCUT2D eigenvalue weighted by atomic mass is 9.98. The van der Waals surface area contributed by atoms with E-state index in [9.17, 15) is 14.4 Å². The molecular weight excluding hydrogens is 492 g/mol. The quantitative estimate of drug-likeness (QED) is 0.348. The van der Waals surface area contributed by atoms with E-state index in [2.05, 4.69) is 15.8 Å². The maximum Gasteiger partial charge on any atom is 0.247 e. The highest BCUT2D eigenvalue weighted by Crippen LogP contribution is 2.31. The van der Waals surface area contributed by atoms with Crippen LogP contribution in [0, 0.1) is 6.92 Å². The molecule has 1 aromatic heterocycles. The van der Waals surface area contributed by atoms with E-state index in [1.165, 1.54) is 4.90 Å². The smallest absolute Gasteiger partial charge is 0.247 e. The SMILES string of the molecule is CCC(C)(C)NC(=O)[C@H](c1ccccc1Cl)N(Cc1ccccc1)C(=O)CCC(=O)Nc1cc(C)on1. The molecule has 0 saturated heterocycles. The Balaban J connectivity index is 1.91. The molecular formula is C28H33ClN4O4. The predicted molar refractivity (Wildman–Crippen MR) is 143 cm³/mol. The molecule has 9 heteroatoms. The molecule has 0 bridgehead atoms. The molecule has 0 aliphatic carbocycles. The first kappa shape index (κ1) is 27.9. The van der Waals surface area contributed by atoms with E-state index >= 15 is 0 Å². The maximum atomic E-state index is 13.7. The Hall–Kier alpha value is -3.65. The van der Waals surface area contributed by atoms with Crippen LogP contribution in [0.2, 0.25) is 5.02 Å². The Morgan fingerprint density at radius 3 is 2.35 bits per heavy atom. The number of anilines is 1. The zero-order valence-corrected chi connectivity index (χ0v) is 22.3. The van der Waals surface area contributed by atoms with E-state index in [0.29, 0.717) is 22.8 Å². The van der Waals surface area contributed by atoms with Gasteiger partial charge < -0.3 is 20.1 Å². The van der Waals surface area contributed by atoms with Gasteiger partial charge in [-0.3, -0.25) is 14.4 Å². The normalized spacial score (nSPS) is 12.0. The Morgan fingerprint density at radius 1 is 1.05 bits per heavy atom. The summed E-state index contributed by atoms with van der Waals surface area (Å²) in [5, 5.41) is 9.81. The zero-order valence-electron chi connectivity index (χ0n) is 21.6. The van der Waals surface area contributed by atoms with Gasteiger partial charge in [-0.25, -0.2) is 0 Å². The Bertz CT molecular complexity index is 1230. The van der Waals surface area contributed by atoms with Crippen LogP contribution >= 0.6 is 11.6 Å². The topological polar surface area (TPSA) is 105 Å². The van der Waals surface area contributed by atoms with Gasteiger partial charge in [-0.05, 0) is 38.8 Å². The molecule has 0 spiro atoms. The second kappa shape index (κ2) is 12.5. The van der Waals surface area contributed by atoms with E-state index < -0.39 is 11.6 Å². The van der Waals surface area contributed by atoms with Crippen molar-refractivity contribution in [3.8, 4) is 0 Å². The Morgan fingerprint density at radius 2 is 1.73 bits per heavy atom. The highest BCUT2D eigenvalue weighted by molar-refractivity contribution is 6.31. The van der Waals surface area contributed by atoms with Crippen LogP contribution in [0.3, 0.4) is 0 Å². The van der Waals surface area contributed by atoms with Gasteiger partial charge in [0.25, 0.3) is 0 Å². The van der Waals surface area contributed by atoms with Crippen molar-refractivity contribution >= 4 is 35.1 Å². The fourth-order valence-electron chi connectivity index (χ4n) is 3.74. The minimum absolute atomic E-state index is 0.0899. The number of nitrogens with zero attached hydrogens (tertiary/aromatic N) is 2. The van der Waals surface area contributed by atoms with Crippen LogP contribution in [-0.2, 0) is 20.9 Å². The van der Waals surface area contributed by atoms with Crippen molar-refractivity contribution in [1.82, 2.24) is 15.4 Å². The van der Waals surface area contributed by atoms with Gasteiger partial charge in [-0.2, -0.15) is 0 Å². The molecule has 2 N–H and O–H groups in total. The minimum atomic E-state index is -0.992. The molecule has 0 fully saturated rings. The number of aromatic nitrogens is 1. The van der Waals surface area contributed by atoms with Crippen molar-refractivity contribution in [2.45, 2.75) is 65.1 Å². The summed E-state index contributed by atoms with van der Waals surface area (Å²) in [6.45, 7) is 7.71. The van der Waals surface area contributed by atoms with Gasteiger partial charge in [0.2, 0.25) is 17.7 Å². The van der Waals surface area contributed by atoms with E-state index in [-0.39, 0.29) is 42.9 Å². The largest absolute Gasteiger partial charge is 0.360 e. The minimum Gasteiger partial charge on any atom is -0.360 e. The second-order valence-corrected chi connectivity index (χ2v) is 9.94. The molecule has 0 radical (unpaired) electrons. The predicted octanol–water partition coefficient (Wildman–Crippen LogP) is 5.43. The standard InChI is InChI=1S/C28H33ClN4O4/c1-5-28(3,4)31-27(36)26(21-13-9-10-14-22(21)29)33(18-20-11-7-6-8-12-20)25(35)16-15-24(34)30-23-17-19(2)37-32-23/h6-14,17,26H,5,15-16,18H2,1-4H3,(H,31,36)(H,30,32,34)/t26-/m0/s1. The van der Waals surface area contributed by atoms with Crippen molar-refractivity contribution in [3.05, 3.63) is 82.6 Å². The zero-order chi connectivity index (χ0) is 27.0. The molecule has 0 unspecified atom stereocenters. The van der Waals surface area contributed by atoms with Crippen molar-refractivity contribution in [2.24, 2.45) is 0 Å². The highest BCUT2D eigenvalue weighted by atomic mass is 35.5. The lowest BCUT2D eigenvalue weighted by molar-refractivity contribution is -0.142.